The largest absolute Gasteiger partial charge is 0.493 e. The van der Waals surface area contributed by atoms with Crippen molar-refractivity contribution < 1.29 is 14.3 Å². The van der Waals surface area contributed by atoms with Gasteiger partial charge in [-0.05, 0) is 43.5 Å². The minimum absolute atomic E-state index is 0.0272. The lowest BCUT2D eigenvalue weighted by molar-refractivity contribution is -0.117. The van der Waals surface area contributed by atoms with Crippen molar-refractivity contribution in [1.82, 2.24) is 5.32 Å². The maximum Gasteiger partial charge on any atom is 0.244 e. The predicted molar refractivity (Wildman–Crippen MR) is 88.2 cm³/mol. The van der Waals surface area contributed by atoms with Crippen LogP contribution in [0.5, 0.6) is 11.5 Å². The molecule has 0 radical (unpaired) electrons. The molecule has 1 N–H and O–H groups in total. The smallest absolute Gasteiger partial charge is 0.244 e. The Morgan fingerprint density at radius 1 is 1.27 bits per heavy atom. The highest BCUT2D eigenvalue weighted by molar-refractivity contribution is 5.92. The van der Waals surface area contributed by atoms with Gasteiger partial charge in [0.05, 0.1) is 13.7 Å². The molecule has 4 heteroatoms. The zero-order valence-corrected chi connectivity index (χ0v) is 13.4. The van der Waals surface area contributed by atoms with Crippen molar-refractivity contribution in [3.8, 4) is 11.5 Å². The second-order valence-electron chi connectivity index (χ2n) is 5.52. The number of methoxy groups -OCH3 is 1. The molecule has 0 aromatic heterocycles. The van der Waals surface area contributed by atoms with Crippen LogP contribution in [0.25, 0.3) is 6.08 Å². The number of hydrogen-bond donors (Lipinski definition) is 1. The standard InChI is InChI=1S/C18H25NO3/c1-3-22-17-13-14(9-11-16(17)21-2)10-12-18(20)19-15-7-5-4-6-8-15/h9-13,15H,3-8H2,1-2H3,(H,19,20)/b12-10+. The second-order valence-corrected chi connectivity index (χ2v) is 5.52. The number of benzene rings is 1. The summed E-state index contributed by atoms with van der Waals surface area (Å²) in [5.41, 5.74) is 0.919. The zero-order valence-electron chi connectivity index (χ0n) is 13.4. The van der Waals surface area contributed by atoms with E-state index in [0.717, 1.165) is 18.4 Å². The van der Waals surface area contributed by atoms with Gasteiger partial charge < -0.3 is 14.8 Å². The molecule has 0 heterocycles. The lowest BCUT2D eigenvalue weighted by atomic mass is 9.95. The van der Waals surface area contributed by atoms with E-state index in [-0.39, 0.29) is 5.91 Å². The predicted octanol–water partition coefficient (Wildman–Crippen LogP) is 3.56. The van der Waals surface area contributed by atoms with E-state index in [9.17, 15) is 4.79 Å². The molecular weight excluding hydrogens is 278 g/mol. The van der Waals surface area contributed by atoms with Crippen LogP contribution in [0.4, 0.5) is 0 Å². The molecule has 0 saturated heterocycles. The van der Waals surface area contributed by atoms with Gasteiger partial charge in [-0.3, -0.25) is 4.79 Å². The fraction of sp³-hybridized carbons (Fsp3) is 0.500. The van der Waals surface area contributed by atoms with Gasteiger partial charge in [0, 0.05) is 12.1 Å². The zero-order chi connectivity index (χ0) is 15.8. The van der Waals surface area contributed by atoms with Crippen molar-refractivity contribution in [1.29, 1.82) is 0 Å². The van der Waals surface area contributed by atoms with Gasteiger partial charge in [-0.15, -0.1) is 0 Å². The average Bonchev–Trinajstić information content (AvgIpc) is 2.54. The maximum absolute atomic E-state index is 12.0. The first-order chi connectivity index (χ1) is 10.7. The average molecular weight is 303 g/mol. The molecule has 0 bridgehead atoms. The van der Waals surface area contributed by atoms with E-state index in [4.69, 9.17) is 9.47 Å². The molecule has 0 atom stereocenters. The Morgan fingerprint density at radius 2 is 2.05 bits per heavy atom. The van der Waals surface area contributed by atoms with E-state index < -0.39 is 0 Å². The topological polar surface area (TPSA) is 47.6 Å². The van der Waals surface area contributed by atoms with Crippen molar-refractivity contribution in [3.05, 3.63) is 29.8 Å². The van der Waals surface area contributed by atoms with Crippen LogP contribution in [-0.4, -0.2) is 25.7 Å². The van der Waals surface area contributed by atoms with Crippen LogP contribution >= 0.6 is 0 Å². The molecule has 22 heavy (non-hydrogen) atoms. The Balaban J connectivity index is 1.96. The van der Waals surface area contributed by atoms with Gasteiger partial charge in [0.2, 0.25) is 5.91 Å². The molecular formula is C18H25NO3. The normalized spacial score (nSPS) is 15.7. The summed E-state index contributed by atoms with van der Waals surface area (Å²) in [7, 11) is 1.62. The summed E-state index contributed by atoms with van der Waals surface area (Å²) in [6.45, 7) is 2.51. The third kappa shape index (κ3) is 4.79. The van der Waals surface area contributed by atoms with E-state index in [1.807, 2.05) is 25.1 Å². The highest BCUT2D eigenvalue weighted by Crippen LogP contribution is 2.28. The van der Waals surface area contributed by atoms with Crippen LogP contribution in [0.1, 0.15) is 44.6 Å². The molecule has 1 aliphatic carbocycles. The van der Waals surface area contributed by atoms with Crippen LogP contribution in [0, 0.1) is 0 Å². The van der Waals surface area contributed by atoms with Crippen LogP contribution in [0.2, 0.25) is 0 Å². The molecule has 1 aromatic rings. The highest BCUT2D eigenvalue weighted by atomic mass is 16.5. The molecule has 1 amide bonds. The molecule has 1 saturated carbocycles. The molecule has 1 fully saturated rings. The number of carbonyl (C=O) groups excluding carboxylic acids is 1. The number of nitrogens with one attached hydrogen (secondary N) is 1. The molecule has 1 aromatic carbocycles. The lowest BCUT2D eigenvalue weighted by Crippen LogP contribution is -2.34. The first-order valence-corrected chi connectivity index (χ1v) is 8.02. The summed E-state index contributed by atoms with van der Waals surface area (Å²) in [5.74, 6) is 1.37. The molecule has 4 nitrogen and oxygen atoms in total. The van der Waals surface area contributed by atoms with Gasteiger partial charge in [-0.2, -0.15) is 0 Å². The van der Waals surface area contributed by atoms with Gasteiger partial charge in [0.1, 0.15) is 0 Å². The van der Waals surface area contributed by atoms with E-state index in [1.54, 1.807) is 19.3 Å². The monoisotopic (exact) mass is 303 g/mol. The fourth-order valence-electron chi connectivity index (χ4n) is 2.73. The quantitative estimate of drug-likeness (QED) is 0.817. The van der Waals surface area contributed by atoms with Crippen molar-refractivity contribution in [3.63, 3.8) is 0 Å². The van der Waals surface area contributed by atoms with Gasteiger partial charge in [-0.25, -0.2) is 0 Å². The summed E-state index contributed by atoms with van der Waals surface area (Å²) >= 11 is 0. The highest BCUT2D eigenvalue weighted by Gasteiger charge is 2.14. The summed E-state index contributed by atoms with van der Waals surface area (Å²) in [6.07, 6.45) is 9.30. The molecule has 0 spiro atoms. The second kappa shape index (κ2) is 8.47. The van der Waals surface area contributed by atoms with Crippen molar-refractivity contribution in [2.45, 2.75) is 45.1 Å². The van der Waals surface area contributed by atoms with E-state index >= 15 is 0 Å². The van der Waals surface area contributed by atoms with Gasteiger partial charge in [0.15, 0.2) is 11.5 Å². The first-order valence-electron chi connectivity index (χ1n) is 8.02. The molecule has 0 unspecified atom stereocenters. The van der Waals surface area contributed by atoms with Gasteiger partial charge >= 0.3 is 0 Å². The maximum atomic E-state index is 12.0. The summed E-state index contributed by atoms with van der Waals surface area (Å²) in [6, 6.07) is 5.98. The molecule has 1 aliphatic rings. The summed E-state index contributed by atoms with van der Waals surface area (Å²) in [5, 5.41) is 3.07. The SMILES string of the molecule is CCOc1cc(/C=C/C(=O)NC2CCCCC2)ccc1OC. The van der Waals surface area contributed by atoms with E-state index in [0.29, 0.717) is 24.1 Å². The lowest BCUT2D eigenvalue weighted by Gasteiger charge is -2.21. The van der Waals surface area contributed by atoms with Crippen molar-refractivity contribution in [2.24, 2.45) is 0 Å². The van der Waals surface area contributed by atoms with Crippen LogP contribution < -0.4 is 14.8 Å². The number of amides is 1. The third-order valence-electron chi connectivity index (χ3n) is 3.87. The number of ether oxygens (including phenoxy) is 2. The Bertz CT molecular complexity index is 519. The van der Waals surface area contributed by atoms with E-state index in [1.165, 1.54) is 19.3 Å². The van der Waals surface area contributed by atoms with Crippen LogP contribution in [0.3, 0.4) is 0 Å². The van der Waals surface area contributed by atoms with E-state index in [2.05, 4.69) is 5.32 Å². The summed E-state index contributed by atoms with van der Waals surface area (Å²) in [4.78, 5) is 12.0. The Morgan fingerprint density at radius 3 is 2.73 bits per heavy atom. The van der Waals surface area contributed by atoms with Gasteiger partial charge in [-0.1, -0.05) is 25.3 Å². The van der Waals surface area contributed by atoms with Crippen LogP contribution in [-0.2, 0) is 4.79 Å². The van der Waals surface area contributed by atoms with Crippen molar-refractivity contribution in [2.75, 3.05) is 13.7 Å². The molecule has 0 aliphatic heterocycles. The first kappa shape index (κ1) is 16.4. The summed E-state index contributed by atoms with van der Waals surface area (Å²) < 4.78 is 10.8. The van der Waals surface area contributed by atoms with Gasteiger partial charge in [0.25, 0.3) is 0 Å². The third-order valence-corrected chi connectivity index (χ3v) is 3.87. The van der Waals surface area contributed by atoms with Crippen molar-refractivity contribution >= 4 is 12.0 Å². The Hall–Kier alpha value is -1.97. The minimum Gasteiger partial charge on any atom is -0.493 e. The Kier molecular flexibility index (Phi) is 6.31. The molecule has 2 rings (SSSR count). The number of carbonyl (C=O) groups is 1. The fourth-order valence-corrected chi connectivity index (χ4v) is 2.73. The van der Waals surface area contributed by atoms with Crippen LogP contribution in [0.15, 0.2) is 24.3 Å². The molecule has 120 valence electrons. The Labute approximate surface area is 132 Å². The minimum atomic E-state index is -0.0272. The number of rotatable bonds is 6. The number of hydrogen-bond acceptors (Lipinski definition) is 3.